The molecule has 1 N–H and O–H groups in total. The van der Waals surface area contributed by atoms with Gasteiger partial charge in [0.25, 0.3) is 5.91 Å². The third-order valence-corrected chi connectivity index (χ3v) is 10.7. The minimum atomic E-state index is -3.26. The van der Waals surface area contributed by atoms with Gasteiger partial charge in [-0.3, -0.25) is 4.79 Å². The lowest BCUT2D eigenvalue weighted by atomic mass is 9.91. The molecule has 0 spiro atoms. The molecular formula is C27H33Cl2NO5S. The van der Waals surface area contributed by atoms with Crippen LogP contribution < -0.4 is 0 Å². The number of ether oxygens (including phenoxy) is 1. The quantitative estimate of drug-likeness (QED) is 0.474. The monoisotopic (exact) mass is 553 g/mol. The zero-order valence-electron chi connectivity index (χ0n) is 20.7. The van der Waals surface area contributed by atoms with E-state index in [0.717, 1.165) is 11.1 Å². The molecule has 5 atom stereocenters. The molecule has 6 nitrogen and oxygen atoms in total. The van der Waals surface area contributed by atoms with Crippen molar-refractivity contribution in [1.82, 2.24) is 4.90 Å². The van der Waals surface area contributed by atoms with E-state index in [1.807, 2.05) is 30.3 Å². The molecule has 0 radical (unpaired) electrons. The second kappa shape index (κ2) is 10.6. The number of morpholine rings is 1. The number of carbonyl (C=O) groups excluding carboxylic acids is 1. The third-order valence-electron chi connectivity index (χ3n) is 7.12. The van der Waals surface area contributed by atoms with Crippen molar-refractivity contribution >= 4 is 38.9 Å². The Hall–Kier alpha value is -1.64. The lowest BCUT2D eigenvalue weighted by molar-refractivity contribution is -0.176. The average Bonchev–Trinajstić information content (AvgIpc) is 3.60. The van der Waals surface area contributed by atoms with E-state index in [1.54, 1.807) is 43.9 Å². The highest BCUT2D eigenvalue weighted by Gasteiger charge is 2.52. The summed E-state index contributed by atoms with van der Waals surface area (Å²) in [5.41, 5.74) is 1.68. The number of sulfone groups is 1. The van der Waals surface area contributed by atoms with Crippen LogP contribution in [0.5, 0.6) is 0 Å². The van der Waals surface area contributed by atoms with Gasteiger partial charge in [0.2, 0.25) is 0 Å². The van der Waals surface area contributed by atoms with Gasteiger partial charge in [0.05, 0.1) is 16.0 Å². The number of hydrogen-bond donors (Lipinski definition) is 1. The largest absolute Gasteiger partial charge is 0.396 e. The first kappa shape index (κ1) is 27.4. The topological polar surface area (TPSA) is 83.9 Å². The fraction of sp³-hybridized carbons (Fsp3) is 0.519. The molecular weight excluding hydrogens is 521 g/mol. The summed E-state index contributed by atoms with van der Waals surface area (Å²) >= 11 is 12.4. The van der Waals surface area contributed by atoms with Crippen molar-refractivity contribution in [3.05, 3.63) is 69.7 Å². The molecule has 1 aliphatic carbocycles. The highest BCUT2D eigenvalue weighted by molar-refractivity contribution is 7.93. The third kappa shape index (κ3) is 5.60. The van der Waals surface area contributed by atoms with Crippen molar-refractivity contribution in [3.63, 3.8) is 0 Å². The highest BCUT2D eigenvalue weighted by atomic mass is 35.5. The molecule has 2 aromatic rings. The lowest BCUT2D eigenvalue weighted by Crippen LogP contribution is -2.51. The molecule has 2 aliphatic rings. The first-order valence-electron chi connectivity index (χ1n) is 12.2. The fourth-order valence-electron chi connectivity index (χ4n) is 4.97. The maximum absolute atomic E-state index is 13.6. The van der Waals surface area contributed by atoms with E-state index in [-0.39, 0.29) is 30.1 Å². The van der Waals surface area contributed by atoms with Crippen molar-refractivity contribution in [2.75, 3.05) is 13.2 Å². The Morgan fingerprint density at radius 3 is 2.33 bits per heavy atom. The molecule has 196 valence electrons. The summed E-state index contributed by atoms with van der Waals surface area (Å²) in [6, 6.07) is 14.2. The summed E-state index contributed by atoms with van der Waals surface area (Å²) < 4.78 is 31.3. The smallest absolute Gasteiger partial charge is 0.252 e. The predicted molar refractivity (Wildman–Crippen MR) is 142 cm³/mol. The summed E-state index contributed by atoms with van der Waals surface area (Å²) in [6.07, 6.45) is 0.0265. The summed E-state index contributed by atoms with van der Waals surface area (Å²) in [6.45, 7) is 5.39. The second-order valence-electron chi connectivity index (χ2n) is 10.6. The predicted octanol–water partition coefficient (Wildman–Crippen LogP) is 5.38. The van der Waals surface area contributed by atoms with Gasteiger partial charge >= 0.3 is 0 Å². The lowest BCUT2D eigenvalue weighted by Gasteiger charge is -2.45. The van der Waals surface area contributed by atoms with Crippen LogP contribution >= 0.6 is 23.2 Å². The molecule has 1 saturated carbocycles. The minimum Gasteiger partial charge on any atom is -0.396 e. The van der Waals surface area contributed by atoms with Gasteiger partial charge in [0.15, 0.2) is 9.84 Å². The molecule has 36 heavy (non-hydrogen) atoms. The van der Waals surface area contributed by atoms with Crippen molar-refractivity contribution < 1.29 is 23.1 Å². The minimum absolute atomic E-state index is 0.0108. The van der Waals surface area contributed by atoms with Gasteiger partial charge in [-0.25, -0.2) is 8.42 Å². The normalized spacial score (nSPS) is 26.8. The van der Waals surface area contributed by atoms with Crippen molar-refractivity contribution in [3.8, 4) is 0 Å². The first-order chi connectivity index (χ1) is 16.9. The number of aliphatic hydroxyl groups excluding tert-OH is 1. The Morgan fingerprint density at radius 1 is 1.03 bits per heavy atom. The molecule has 0 bridgehead atoms. The van der Waals surface area contributed by atoms with Gasteiger partial charge in [-0.05, 0) is 74.9 Å². The summed E-state index contributed by atoms with van der Waals surface area (Å²) in [5.74, 6) is -0.199. The molecule has 2 unspecified atom stereocenters. The van der Waals surface area contributed by atoms with E-state index < -0.39 is 32.8 Å². The highest BCUT2D eigenvalue weighted by Crippen LogP contribution is 2.47. The van der Waals surface area contributed by atoms with Crippen LogP contribution in [0.2, 0.25) is 10.0 Å². The van der Waals surface area contributed by atoms with E-state index in [4.69, 9.17) is 27.9 Å². The van der Waals surface area contributed by atoms with Gasteiger partial charge in [-0.1, -0.05) is 47.5 Å². The standard InChI is InChI=1S/C27H33Cl2NO5S/c1-27(2,3)36(33,34)23-16-18(23)11-13-30-24(17-7-9-20(28)10-8-17)25(19-5-4-6-21(29)15-19)35-22(12-14-31)26(30)32/h4-10,15,18,22-25,31H,11-14,16H2,1-3H3/t18?,22-,23?,24+,25+/m0/s1. The van der Waals surface area contributed by atoms with Crippen LogP contribution in [-0.2, 0) is 19.4 Å². The van der Waals surface area contributed by atoms with E-state index in [0.29, 0.717) is 29.4 Å². The Bertz CT molecular complexity index is 1200. The molecule has 1 aliphatic heterocycles. The zero-order valence-corrected chi connectivity index (χ0v) is 23.1. The van der Waals surface area contributed by atoms with E-state index in [9.17, 15) is 18.3 Å². The van der Waals surface area contributed by atoms with Crippen LogP contribution in [0.1, 0.15) is 63.3 Å². The maximum atomic E-state index is 13.6. The van der Waals surface area contributed by atoms with Gasteiger partial charge in [-0.2, -0.15) is 0 Å². The Morgan fingerprint density at radius 2 is 1.72 bits per heavy atom. The molecule has 2 fully saturated rings. The van der Waals surface area contributed by atoms with E-state index in [1.165, 1.54) is 0 Å². The number of benzene rings is 2. The average molecular weight is 555 g/mol. The number of aliphatic hydroxyl groups is 1. The summed E-state index contributed by atoms with van der Waals surface area (Å²) in [7, 11) is -3.26. The number of nitrogens with zero attached hydrogens (tertiary/aromatic N) is 1. The molecule has 9 heteroatoms. The van der Waals surface area contributed by atoms with Crippen molar-refractivity contribution in [2.24, 2.45) is 5.92 Å². The van der Waals surface area contributed by atoms with Crippen LogP contribution in [0, 0.1) is 5.92 Å². The number of hydrogen-bond acceptors (Lipinski definition) is 5. The molecule has 4 rings (SSSR count). The second-order valence-corrected chi connectivity index (χ2v) is 14.4. The van der Waals surface area contributed by atoms with Crippen LogP contribution in [0.4, 0.5) is 0 Å². The first-order valence-corrected chi connectivity index (χ1v) is 14.6. The molecule has 1 saturated heterocycles. The van der Waals surface area contributed by atoms with Gasteiger partial charge < -0.3 is 14.7 Å². The Balaban J connectivity index is 1.66. The number of amides is 1. The molecule has 1 heterocycles. The fourth-order valence-corrected chi connectivity index (χ4v) is 7.35. The van der Waals surface area contributed by atoms with Gasteiger partial charge in [-0.15, -0.1) is 0 Å². The van der Waals surface area contributed by atoms with Crippen LogP contribution in [-0.4, -0.2) is 53.6 Å². The van der Waals surface area contributed by atoms with Crippen LogP contribution in [0.15, 0.2) is 48.5 Å². The van der Waals surface area contributed by atoms with Gasteiger partial charge in [0, 0.05) is 29.6 Å². The maximum Gasteiger partial charge on any atom is 0.252 e. The van der Waals surface area contributed by atoms with Crippen molar-refractivity contribution in [1.29, 1.82) is 0 Å². The molecule has 0 aromatic heterocycles. The van der Waals surface area contributed by atoms with Crippen LogP contribution in [0.25, 0.3) is 0 Å². The Labute approximate surface area is 223 Å². The van der Waals surface area contributed by atoms with Crippen LogP contribution in [0.3, 0.4) is 0 Å². The van der Waals surface area contributed by atoms with E-state index >= 15 is 0 Å². The molecule has 2 aromatic carbocycles. The summed E-state index contributed by atoms with van der Waals surface area (Å²) in [5, 5.41) is 10.4. The number of halogens is 2. The van der Waals surface area contributed by atoms with E-state index in [2.05, 4.69) is 0 Å². The number of carbonyl (C=O) groups is 1. The zero-order chi connectivity index (χ0) is 26.3. The van der Waals surface area contributed by atoms with Crippen molar-refractivity contribution in [2.45, 2.75) is 68.3 Å². The molecule has 1 amide bonds. The summed E-state index contributed by atoms with van der Waals surface area (Å²) in [4.78, 5) is 15.4. The number of rotatable bonds is 8. The Kier molecular flexibility index (Phi) is 8.08. The SMILES string of the molecule is CC(C)(C)S(=O)(=O)C1CC1CCN1C(=O)[C@H](CCO)O[C@H](c2cccc(Cl)c2)[C@H]1c1ccc(Cl)cc1. The van der Waals surface area contributed by atoms with Gasteiger partial charge in [0.1, 0.15) is 12.2 Å².